The molecule has 1 aromatic carbocycles. The van der Waals surface area contributed by atoms with E-state index in [0.717, 1.165) is 6.07 Å². The first-order chi connectivity index (χ1) is 8.65. The lowest BCUT2D eigenvalue weighted by molar-refractivity contribution is 0.320. The van der Waals surface area contributed by atoms with Gasteiger partial charge in [0, 0.05) is 23.6 Å². The second-order valence-electron chi connectivity index (χ2n) is 6.37. The molecule has 1 atom stereocenters. The molecule has 1 N–H and O–H groups in total. The minimum absolute atomic E-state index is 0.00832. The van der Waals surface area contributed by atoms with Crippen molar-refractivity contribution >= 4 is 0 Å². The van der Waals surface area contributed by atoms with Gasteiger partial charge in [-0.3, -0.25) is 0 Å². The summed E-state index contributed by atoms with van der Waals surface area (Å²) >= 11 is 0. The van der Waals surface area contributed by atoms with Crippen LogP contribution >= 0.6 is 0 Å². The van der Waals surface area contributed by atoms with Crippen LogP contribution in [0.15, 0.2) is 30.9 Å². The van der Waals surface area contributed by atoms with E-state index < -0.39 is 11.6 Å². The standard InChI is InChI=1S/C16H23F2N/c1-6-16(5,11-19-15(2,3)4)10-12-7-8-13(17)9-14(12)18/h6-9,19H,1,10-11H2,2-5H3. The summed E-state index contributed by atoms with van der Waals surface area (Å²) in [5.41, 5.74) is 0.233. The summed E-state index contributed by atoms with van der Waals surface area (Å²) in [5, 5.41) is 3.40. The van der Waals surface area contributed by atoms with Gasteiger partial charge in [0.1, 0.15) is 11.6 Å². The van der Waals surface area contributed by atoms with Gasteiger partial charge in [0.2, 0.25) is 0 Å². The summed E-state index contributed by atoms with van der Waals surface area (Å²) in [7, 11) is 0. The van der Waals surface area contributed by atoms with Gasteiger partial charge in [-0.15, -0.1) is 6.58 Å². The van der Waals surface area contributed by atoms with Crippen molar-refractivity contribution in [3.63, 3.8) is 0 Å². The summed E-state index contributed by atoms with van der Waals surface area (Å²) in [4.78, 5) is 0. The molecule has 1 aromatic rings. The van der Waals surface area contributed by atoms with Crippen LogP contribution < -0.4 is 5.32 Å². The summed E-state index contributed by atoms with van der Waals surface area (Å²) in [6, 6.07) is 3.72. The Labute approximate surface area is 114 Å². The van der Waals surface area contributed by atoms with Crippen molar-refractivity contribution < 1.29 is 8.78 Å². The fraction of sp³-hybridized carbons (Fsp3) is 0.500. The van der Waals surface area contributed by atoms with E-state index in [1.165, 1.54) is 12.1 Å². The number of benzene rings is 1. The third-order valence-corrected chi connectivity index (χ3v) is 3.12. The van der Waals surface area contributed by atoms with Gasteiger partial charge in [-0.1, -0.05) is 19.1 Å². The highest BCUT2D eigenvalue weighted by Crippen LogP contribution is 2.25. The highest BCUT2D eigenvalue weighted by molar-refractivity contribution is 5.21. The molecule has 3 heteroatoms. The largest absolute Gasteiger partial charge is 0.311 e. The number of hydrogen-bond acceptors (Lipinski definition) is 1. The number of nitrogens with one attached hydrogen (secondary N) is 1. The molecular weight excluding hydrogens is 244 g/mol. The first-order valence-electron chi connectivity index (χ1n) is 6.48. The Morgan fingerprint density at radius 2 is 1.84 bits per heavy atom. The summed E-state index contributed by atoms with van der Waals surface area (Å²) in [5.74, 6) is -1.04. The van der Waals surface area contributed by atoms with Crippen LogP contribution in [0.5, 0.6) is 0 Å². The predicted octanol–water partition coefficient (Wildman–Crippen LogP) is 4.09. The van der Waals surface area contributed by atoms with Crippen LogP contribution in [-0.4, -0.2) is 12.1 Å². The zero-order chi connectivity index (χ0) is 14.7. The molecule has 0 saturated carbocycles. The zero-order valence-electron chi connectivity index (χ0n) is 12.2. The van der Waals surface area contributed by atoms with Gasteiger partial charge in [0.15, 0.2) is 0 Å². The van der Waals surface area contributed by atoms with E-state index in [9.17, 15) is 8.78 Å². The molecule has 1 nitrogen and oxygen atoms in total. The Kier molecular flexibility index (Phi) is 4.86. The lowest BCUT2D eigenvalue weighted by Crippen LogP contribution is -2.43. The molecular formula is C16H23F2N. The molecule has 0 fully saturated rings. The second-order valence-corrected chi connectivity index (χ2v) is 6.37. The average Bonchev–Trinajstić information content (AvgIpc) is 2.30. The van der Waals surface area contributed by atoms with Gasteiger partial charge < -0.3 is 5.32 Å². The van der Waals surface area contributed by atoms with E-state index in [-0.39, 0.29) is 11.0 Å². The molecule has 0 aromatic heterocycles. The maximum Gasteiger partial charge on any atom is 0.129 e. The van der Waals surface area contributed by atoms with Gasteiger partial charge in [-0.25, -0.2) is 8.78 Å². The quantitative estimate of drug-likeness (QED) is 0.792. The lowest BCUT2D eigenvalue weighted by atomic mass is 9.83. The number of halogens is 2. The normalized spacial score (nSPS) is 15.1. The topological polar surface area (TPSA) is 12.0 Å². The maximum absolute atomic E-state index is 13.7. The van der Waals surface area contributed by atoms with Crippen LogP contribution in [0.2, 0.25) is 0 Å². The Hall–Kier alpha value is -1.22. The van der Waals surface area contributed by atoms with Crippen molar-refractivity contribution in [3.8, 4) is 0 Å². The fourth-order valence-electron chi connectivity index (χ4n) is 1.77. The molecule has 0 aliphatic carbocycles. The summed E-state index contributed by atoms with van der Waals surface area (Å²) < 4.78 is 26.6. The second kappa shape index (κ2) is 5.83. The first kappa shape index (κ1) is 15.8. The Morgan fingerprint density at radius 3 is 2.32 bits per heavy atom. The van der Waals surface area contributed by atoms with Crippen molar-refractivity contribution in [2.45, 2.75) is 39.7 Å². The van der Waals surface area contributed by atoms with Gasteiger partial charge in [0.25, 0.3) is 0 Å². The lowest BCUT2D eigenvalue weighted by Gasteiger charge is -2.31. The fourth-order valence-corrected chi connectivity index (χ4v) is 1.77. The van der Waals surface area contributed by atoms with E-state index >= 15 is 0 Å². The van der Waals surface area contributed by atoms with E-state index in [0.29, 0.717) is 18.5 Å². The number of hydrogen-bond donors (Lipinski definition) is 1. The van der Waals surface area contributed by atoms with Crippen LogP contribution in [-0.2, 0) is 6.42 Å². The van der Waals surface area contributed by atoms with Gasteiger partial charge in [-0.05, 0) is 38.8 Å². The smallest absolute Gasteiger partial charge is 0.129 e. The molecule has 0 spiro atoms. The third-order valence-electron chi connectivity index (χ3n) is 3.12. The minimum Gasteiger partial charge on any atom is -0.311 e. The molecule has 0 radical (unpaired) electrons. The molecule has 0 bridgehead atoms. The molecule has 1 rings (SSSR count). The van der Waals surface area contributed by atoms with E-state index in [1.807, 2.05) is 13.0 Å². The van der Waals surface area contributed by atoms with E-state index in [4.69, 9.17) is 0 Å². The van der Waals surface area contributed by atoms with Crippen LogP contribution in [0.4, 0.5) is 8.78 Å². The maximum atomic E-state index is 13.7. The number of rotatable bonds is 5. The molecule has 0 heterocycles. The molecule has 106 valence electrons. The summed E-state index contributed by atoms with van der Waals surface area (Å²) in [6.45, 7) is 12.8. The minimum atomic E-state index is -0.547. The molecule has 1 unspecified atom stereocenters. The molecule has 0 aliphatic heterocycles. The molecule has 0 aliphatic rings. The zero-order valence-corrected chi connectivity index (χ0v) is 12.2. The third kappa shape index (κ3) is 5.11. The Balaban J connectivity index is 2.82. The molecule has 0 amide bonds. The highest BCUT2D eigenvalue weighted by atomic mass is 19.1. The SMILES string of the molecule is C=CC(C)(CNC(C)(C)C)Cc1ccc(F)cc1F. The van der Waals surface area contributed by atoms with Crippen molar-refractivity contribution in [1.29, 1.82) is 0 Å². The van der Waals surface area contributed by atoms with Gasteiger partial charge >= 0.3 is 0 Å². The van der Waals surface area contributed by atoms with Crippen molar-refractivity contribution in [2.24, 2.45) is 5.41 Å². The molecule has 19 heavy (non-hydrogen) atoms. The van der Waals surface area contributed by atoms with Gasteiger partial charge in [0.05, 0.1) is 0 Å². The van der Waals surface area contributed by atoms with Crippen molar-refractivity contribution in [2.75, 3.05) is 6.54 Å². The Morgan fingerprint density at radius 1 is 1.21 bits per heavy atom. The Bertz CT molecular complexity index is 449. The van der Waals surface area contributed by atoms with Gasteiger partial charge in [-0.2, -0.15) is 0 Å². The van der Waals surface area contributed by atoms with Crippen LogP contribution in [0.1, 0.15) is 33.3 Å². The van der Waals surface area contributed by atoms with Crippen molar-refractivity contribution in [3.05, 3.63) is 48.1 Å². The van der Waals surface area contributed by atoms with Crippen LogP contribution in [0, 0.1) is 17.0 Å². The van der Waals surface area contributed by atoms with Crippen LogP contribution in [0.25, 0.3) is 0 Å². The predicted molar refractivity (Wildman–Crippen MR) is 76.1 cm³/mol. The molecule has 0 saturated heterocycles. The van der Waals surface area contributed by atoms with E-state index in [1.54, 1.807) is 0 Å². The van der Waals surface area contributed by atoms with E-state index in [2.05, 4.69) is 32.7 Å². The first-order valence-corrected chi connectivity index (χ1v) is 6.48. The summed E-state index contributed by atoms with van der Waals surface area (Å²) in [6.07, 6.45) is 2.32. The average molecular weight is 267 g/mol. The van der Waals surface area contributed by atoms with Crippen LogP contribution in [0.3, 0.4) is 0 Å². The highest BCUT2D eigenvalue weighted by Gasteiger charge is 2.24. The monoisotopic (exact) mass is 267 g/mol. The van der Waals surface area contributed by atoms with Crippen molar-refractivity contribution in [1.82, 2.24) is 5.32 Å².